The number of halogens is 2. The summed E-state index contributed by atoms with van der Waals surface area (Å²) in [6, 6.07) is 14.8. The van der Waals surface area contributed by atoms with E-state index in [1.54, 1.807) is 12.1 Å². The minimum absolute atomic E-state index is 0.121. The molecule has 2 aromatic carbocycles. The molecule has 0 N–H and O–H groups in total. The molecule has 112 valence electrons. The van der Waals surface area contributed by atoms with Gasteiger partial charge in [0.15, 0.2) is 0 Å². The van der Waals surface area contributed by atoms with E-state index < -0.39 is 0 Å². The van der Waals surface area contributed by atoms with E-state index in [0.717, 1.165) is 9.13 Å². The average molecular weight is 426 g/mol. The monoisotopic (exact) mass is 425 g/mol. The molecular weight excluding hydrogens is 413 g/mol. The SMILES string of the molecule is O=C1C[C@H](Cc2ccc(Cl)cc2)C(=O)N1c1ccccc1I. The highest BCUT2D eigenvalue weighted by atomic mass is 127. The first-order valence-corrected chi connectivity index (χ1v) is 8.37. The van der Waals surface area contributed by atoms with Gasteiger partial charge >= 0.3 is 0 Å². The van der Waals surface area contributed by atoms with Gasteiger partial charge in [0, 0.05) is 15.0 Å². The smallest absolute Gasteiger partial charge is 0.237 e. The molecule has 0 saturated carbocycles. The molecule has 0 radical (unpaired) electrons. The summed E-state index contributed by atoms with van der Waals surface area (Å²) in [5.74, 6) is -0.554. The Morgan fingerprint density at radius 2 is 1.77 bits per heavy atom. The molecule has 0 aliphatic carbocycles. The molecule has 1 saturated heterocycles. The van der Waals surface area contributed by atoms with Crippen LogP contribution in [0.15, 0.2) is 48.5 Å². The van der Waals surface area contributed by atoms with Gasteiger partial charge in [-0.25, -0.2) is 4.90 Å². The predicted molar refractivity (Wildman–Crippen MR) is 94.9 cm³/mol. The molecule has 22 heavy (non-hydrogen) atoms. The van der Waals surface area contributed by atoms with Crippen LogP contribution in [-0.4, -0.2) is 11.8 Å². The van der Waals surface area contributed by atoms with Crippen molar-refractivity contribution in [2.75, 3.05) is 4.90 Å². The summed E-state index contributed by atoms with van der Waals surface area (Å²) in [5, 5.41) is 0.665. The summed E-state index contributed by atoms with van der Waals surface area (Å²) < 4.78 is 0.897. The molecule has 1 aliphatic heterocycles. The number of carbonyl (C=O) groups is 2. The Morgan fingerprint density at radius 3 is 2.45 bits per heavy atom. The number of rotatable bonds is 3. The van der Waals surface area contributed by atoms with E-state index in [9.17, 15) is 9.59 Å². The molecule has 1 atom stereocenters. The van der Waals surface area contributed by atoms with Crippen molar-refractivity contribution in [2.24, 2.45) is 5.92 Å². The number of anilines is 1. The highest BCUT2D eigenvalue weighted by Gasteiger charge is 2.39. The molecule has 1 fully saturated rings. The number of nitrogens with zero attached hydrogens (tertiary/aromatic N) is 1. The zero-order chi connectivity index (χ0) is 15.7. The highest BCUT2D eigenvalue weighted by molar-refractivity contribution is 14.1. The summed E-state index contributed by atoms with van der Waals surface area (Å²) in [6.07, 6.45) is 0.814. The van der Waals surface area contributed by atoms with E-state index in [-0.39, 0.29) is 24.2 Å². The first-order valence-electron chi connectivity index (χ1n) is 6.92. The minimum Gasteiger partial charge on any atom is -0.274 e. The van der Waals surface area contributed by atoms with Crippen LogP contribution in [0.5, 0.6) is 0 Å². The summed E-state index contributed by atoms with van der Waals surface area (Å²) in [4.78, 5) is 26.2. The Kier molecular flexibility index (Phi) is 4.49. The van der Waals surface area contributed by atoms with Crippen LogP contribution in [0.1, 0.15) is 12.0 Å². The lowest BCUT2D eigenvalue weighted by Crippen LogP contribution is -2.31. The molecule has 0 unspecified atom stereocenters. The highest BCUT2D eigenvalue weighted by Crippen LogP contribution is 2.31. The summed E-state index contributed by atoms with van der Waals surface area (Å²) in [6.45, 7) is 0. The lowest BCUT2D eigenvalue weighted by molar-refractivity contribution is -0.122. The number of hydrogen-bond acceptors (Lipinski definition) is 2. The third kappa shape index (κ3) is 3.03. The third-order valence-corrected chi connectivity index (χ3v) is 4.89. The molecule has 1 heterocycles. The maximum absolute atomic E-state index is 12.6. The Balaban J connectivity index is 1.82. The van der Waals surface area contributed by atoms with Crippen LogP contribution in [-0.2, 0) is 16.0 Å². The van der Waals surface area contributed by atoms with Crippen molar-refractivity contribution in [3.63, 3.8) is 0 Å². The molecule has 3 rings (SSSR count). The maximum Gasteiger partial charge on any atom is 0.237 e. The Labute approximate surface area is 147 Å². The van der Waals surface area contributed by atoms with Crippen LogP contribution in [0.4, 0.5) is 5.69 Å². The molecule has 2 aromatic rings. The number of hydrogen-bond donors (Lipinski definition) is 0. The number of amides is 2. The lowest BCUT2D eigenvalue weighted by atomic mass is 9.98. The third-order valence-electron chi connectivity index (χ3n) is 3.73. The van der Waals surface area contributed by atoms with Gasteiger partial charge in [0.25, 0.3) is 0 Å². The first-order chi connectivity index (χ1) is 10.6. The van der Waals surface area contributed by atoms with Crippen LogP contribution in [0.2, 0.25) is 5.02 Å². The largest absolute Gasteiger partial charge is 0.274 e. The van der Waals surface area contributed by atoms with Crippen molar-refractivity contribution in [3.8, 4) is 0 Å². The fourth-order valence-electron chi connectivity index (χ4n) is 2.65. The van der Waals surface area contributed by atoms with Crippen LogP contribution in [0.3, 0.4) is 0 Å². The van der Waals surface area contributed by atoms with Gasteiger partial charge in [-0.1, -0.05) is 35.9 Å². The van der Waals surface area contributed by atoms with Gasteiger partial charge in [-0.05, 0) is 58.8 Å². The average Bonchev–Trinajstić information content (AvgIpc) is 2.77. The second-order valence-electron chi connectivity index (χ2n) is 5.25. The van der Waals surface area contributed by atoms with Gasteiger partial charge in [0.1, 0.15) is 0 Å². The van der Waals surface area contributed by atoms with Crippen molar-refractivity contribution in [1.29, 1.82) is 0 Å². The number of imide groups is 1. The second kappa shape index (κ2) is 6.38. The zero-order valence-electron chi connectivity index (χ0n) is 11.6. The second-order valence-corrected chi connectivity index (χ2v) is 6.85. The van der Waals surface area contributed by atoms with Crippen LogP contribution < -0.4 is 4.90 Å². The maximum atomic E-state index is 12.6. The van der Waals surface area contributed by atoms with E-state index in [1.807, 2.05) is 36.4 Å². The van der Waals surface area contributed by atoms with Gasteiger partial charge in [-0.3, -0.25) is 9.59 Å². The quantitative estimate of drug-likeness (QED) is 0.549. The van der Waals surface area contributed by atoms with Crippen LogP contribution in [0, 0.1) is 9.49 Å². The van der Waals surface area contributed by atoms with Crippen molar-refractivity contribution < 1.29 is 9.59 Å². The molecule has 3 nitrogen and oxygen atoms in total. The van der Waals surface area contributed by atoms with Gasteiger partial charge in [0.05, 0.1) is 11.6 Å². The van der Waals surface area contributed by atoms with Gasteiger partial charge in [-0.15, -0.1) is 0 Å². The molecular formula is C17H13ClINO2. The molecule has 0 bridgehead atoms. The summed E-state index contributed by atoms with van der Waals surface area (Å²) >= 11 is 8.01. The normalized spacial score (nSPS) is 18.1. The fraction of sp³-hybridized carbons (Fsp3) is 0.176. The van der Waals surface area contributed by atoms with Crippen molar-refractivity contribution in [3.05, 3.63) is 62.7 Å². The van der Waals surface area contributed by atoms with Crippen LogP contribution >= 0.6 is 34.2 Å². The van der Waals surface area contributed by atoms with Gasteiger partial charge in [0.2, 0.25) is 11.8 Å². The fourth-order valence-corrected chi connectivity index (χ4v) is 3.40. The van der Waals surface area contributed by atoms with Gasteiger partial charge < -0.3 is 0 Å². The van der Waals surface area contributed by atoms with E-state index >= 15 is 0 Å². The number of benzene rings is 2. The van der Waals surface area contributed by atoms with E-state index in [2.05, 4.69) is 22.6 Å². The standard InChI is InChI=1S/C17H13ClINO2/c18-13-7-5-11(6-8-13)9-12-10-16(21)20(17(12)22)15-4-2-1-3-14(15)19/h1-8,12H,9-10H2/t12-/m0/s1. The molecule has 1 aliphatic rings. The summed E-state index contributed by atoms with van der Waals surface area (Å²) in [5.41, 5.74) is 1.69. The van der Waals surface area contributed by atoms with Crippen molar-refractivity contribution in [1.82, 2.24) is 0 Å². The predicted octanol–water partition coefficient (Wildman–Crippen LogP) is 4.07. The Hall–Kier alpha value is -1.40. The Morgan fingerprint density at radius 1 is 1.09 bits per heavy atom. The molecule has 2 amide bonds. The number of para-hydroxylation sites is 1. The topological polar surface area (TPSA) is 37.4 Å². The molecule has 0 aromatic heterocycles. The van der Waals surface area contributed by atoms with E-state index in [0.29, 0.717) is 17.1 Å². The molecule has 0 spiro atoms. The van der Waals surface area contributed by atoms with Crippen molar-refractivity contribution in [2.45, 2.75) is 12.8 Å². The molecule has 5 heteroatoms. The van der Waals surface area contributed by atoms with E-state index in [4.69, 9.17) is 11.6 Å². The van der Waals surface area contributed by atoms with Crippen molar-refractivity contribution >= 4 is 51.7 Å². The zero-order valence-corrected chi connectivity index (χ0v) is 14.5. The lowest BCUT2D eigenvalue weighted by Gasteiger charge is -2.16. The minimum atomic E-state index is -0.301. The van der Waals surface area contributed by atoms with Crippen LogP contribution in [0.25, 0.3) is 0 Å². The van der Waals surface area contributed by atoms with Gasteiger partial charge in [-0.2, -0.15) is 0 Å². The number of carbonyl (C=O) groups excluding carboxylic acids is 2. The van der Waals surface area contributed by atoms with E-state index in [1.165, 1.54) is 4.90 Å². The summed E-state index contributed by atoms with van der Waals surface area (Å²) in [7, 11) is 0. The Bertz CT molecular complexity index is 730. The first kappa shape index (κ1) is 15.5.